The molecule has 0 aliphatic heterocycles. The molecular formula is C13H18N2O3. The predicted molar refractivity (Wildman–Crippen MR) is 67.6 cm³/mol. The third-order valence-corrected chi connectivity index (χ3v) is 2.44. The Kier molecular flexibility index (Phi) is 5.32. The molecule has 0 spiro atoms. The highest BCUT2D eigenvalue weighted by molar-refractivity contribution is 5.86. The van der Waals surface area contributed by atoms with Gasteiger partial charge in [0.25, 0.3) is 0 Å². The van der Waals surface area contributed by atoms with E-state index < -0.39 is 18.1 Å². The zero-order valence-corrected chi connectivity index (χ0v) is 10.3. The number of hydrogen-bond donors (Lipinski definition) is 3. The van der Waals surface area contributed by atoms with Crippen molar-refractivity contribution in [2.75, 3.05) is 0 Å². The maximum atomic E-state index is 11.5. The zero-order chi connectivity index (χ0) is 13.5. The number of primary amides is 1. The topological polar surface area (TPSA) is 92.4 Å². The minimum absolute atomic E-state index is 0.0431. The smallest absolute Gasteiger partial charge is 0.240 e. The third kappa shape index (κ3) is 4.97. The molecule has 4 N–H and O–H groups in total. The first-order valence-electron chi connectivity index (χ1n) is 5.79. The normalized spacial score (nSPS) is 13.7. The fourth-order valence-corrected chi connectivity index (χ4v) is 1.59. The van der Waals surface area contributed by atoms with Crippen molar-refractivity contribution < 1.29 is 14.7 Å². The highest BCUT2D eigenvalue weighted by atomic mass is 16.3. The Morgan fingerprint density at radius 2 is 1.94 bits per heavy atom. The van der Waals surface area contributed by atoms with E-state index in [1.165, 1.54) is 6.92 Å². The summed E-state index contributed by atoms with van der Waals surface area (Å²) in [6.45, 7) is 1.51. The second kappa shape index (κ2) is 6.76. The van der Waals surface area contributed by atoms with Gasteiger partial charge in [-0.3, -0.25) is 9.59 Å². The average molecular weight is 250 g/mol. The van der Waals surface area contributed by atoms with Crippen molar-refractivity contribution in [3.63, 3.8) is 0 Å². The second-order valence-corrected chi connectivity index (χ2v) is 4.27. The Labute approximate surface area is 106 Å². The molecule has 0 heterocycles. The molecule has 2 amide bonds. The molecule has 0 aromatic heterocycles. The van der Waals surface area contributed by atoms with Crippen molar-refractivity contribution in [1.82, 2.24) is 5.32 Å². The van der Waals surface area contributed by atoms with Crippen LogP contribution >= 0.6 is 0 Å². The molecule has 5 heteroatoms. The van der Waals surface area contributed by atoms with Crippen molar-refractivity contribution in [1.29, 1.82) is 0 Å². The van der Waals surface area contributed by atoms with E-state index in [9.17, 15) is 9.59 Å². The van der Waals surface area contributed by atoms with Gasteiger partial charge >= 0.3 is 0 Å². The summed E-state index contributed by atoms with van der Waals surface area (Å²) in [5.74, 6) is -0.970. The second-order valence-electron chi connectivity index (χ2n) is 4.27. The molecule has 0 aliphatic carbocycles. The number of benzene rings is 1. The molecular weight excluding hydrogens is 232 g/mol. The lowest BCUT2D eigenvalue weighted by Crippen LogP contribution is -2.46. The Hall–Kier alpha value is -1.88. The summed E-state index contributed by atoms with van der Waals surface area (Å²) in [4.78, 5) is 22.7. The molecule has 0 radical (unpaired) electrons. The SMILES string of the molecule is C[C@@H](O)CC(=O)N[C@@H](Cc1ccccc1)C(N)=O. The summed E-state index contributed by atoms with van der Waals surface area (Å²) < 4.78 is 0. The van der Waals surface area contributed by atoms with Crippen LogP contribution in [0.25, 0.3) is 0 Å². The van der Waals surface area contributed by atoms with Gasteiger partial charge in [0, 0.05) is 6.42 Å². The summed E-state index contributed by atoms with van der Waals surface area (Å²) in [5, 5.41) is 11.6. The van der Waals surface area contributed by atoms with Gasteiger partial charge in [-0.15, -0.1) is 0 Å². The van der Waals surface area contributed by atoms with E-state index in [2.05, 4.69) is 5.32 Å². The largest absolute Gasteiger partial charge is 0.393 e. The average Bonchev–Trinajstić information content (AvgIpc) is 2.28. The van der Waals surface area contributed by atoms with Crippen LogP contribution in [0.2, 0.25) is 0 Å². The van der Waals surface area contributed by atoms with E-state index in [0.717, 1.165) is 5.56 Å². The minimum Gasteiger partial charge on any atom is -0.393 e. The zero-order valence-electron chi connectivity index (χ0n) is 10.3. The summed E-state index contributed by atoms with van der Waals surface area (Å²) in [6, 6.07) is 8.54. The first-order chi connectivity index (χ1) is 8.49. The number of carbonyl (C=O) groups is 2. The lowest BCUT2D eigenvalue weighted by atomic mass is 10.1. The van der Waals surface area contributed by atoms with Crippen LogP contribution in [0.15, 0.2) is 30.3 Å². The van der Waals surface area contributed by atoms with E-state index in [1.54, 1.807) is 0 Å². The maximum Gasteiger partial charge on any atom is 0.240 e. The monoisotopic (exact) mass is 250 g/mol. The van der Waals surface area contributed by atoms with E-state index in [4.69, 9.17) is 10.8 Å². The molecule has 1 rings (SSSR count). The van der Waals surface area contributed by atoms with Gasteiger partial charge in [-0.2, -0.15) is 0 Å². The van der Waals surface area contributed by atoms with Crippen molar-refractivity contribution in [2.24, 2.45) is 5.73 Å². The van der Waals surface area contributed by atoms with Crippen molar-refractivity contribution in [3.8, 4) is 0 Å². The van der Waals surface area contributed by atoms with Crippen LogP contribution in [0.5, 0.6) is 0 Å². The molecule has 98 valence electrons. The Bertz CT molecular complexity index is 404. The summed E-state index contributed by atoms with van der Waals surface area (Å²) >= 11 is 0. The van der Waals surface area contributed by atoms with Crippen molar-refractivity contribution >= 4 is 11.8 Å². The lowest BCUT2D eigenvalue weighted by Gasteiger charge is -2.16. The van der Waals surface area contributed by atoms with E-state index in [-0.39, 0.29) is 12.3 Å². The van der Waals surface area contributed by atoms with Crippen LogP contribution < -0.4 is 11.1 Å². The number of rotatable bonds is 6. The van der Waals surface area contributed by atoms with Crippen LogP contribution in [-0.2, 0) is 16.0 Å². The van der Waals surface area contributed by atoms with Gasteiger partial charge in [0.05, 0.1) is 12.5 Å². The van der Waals surface area contributed by atoms with Crippen LogP contribution in [-0.4, -0.2) is 29.1 Å². The fourth-order valence-electron chi connectivity index (χ4n) is 1.59. The van der Waals surface area contributed by atoms with Gasteiger partial charge in [-0.25, -0.2) is 0 Å². The number of aliphatic hydroxyl groups is 1. The van der Waals surface area contributed by atoms with Crippen LogP contribution in [0.4, 0.5) is 0 Å². The van der Waals surface area contributed by atoms with Gasteiger partial charge in [-0.05, 0) is 12.5 Å². The van der Waals surface area contributed by atoms with E-state index in [0.29, 0.717) is 6.42 Å². The highest BCUT2D eigenvalue weighted by Gasteiger charge is 2.19. The fraction of sp³-hybridized carbons (Fsp3) is 0.385. The minimum atomic E-state index is -0.751. The Morgan fingerprint density at radius 1 is 1.33 bits per heavy atom. The van der Waals surface area contributed by atoms with Crippen molar-refractivity contribution in [3.05, 3.63) is 35.9 Å². The van der Waals surface area contributed by atoms with Crippen molar-refractivity contribution in [2.45, 2.75) is 31.9 Å². The third-order valence-electron chi connectivity index (χ3n) is 2.44. The molecule has 0 aliphatic rings. The summed E-state index contributed by atoms with van der Waals surface area (Å²) in [7, 11) is 0. The number of nitrogens with two attached hydrogens (primary N) is 1. The maximum absolute atomic E-state index is 11.5. The molecule has 1 aromatic rings. The summed E-state index contributed by atoms with van der Waals surface area (Å²) in [6.07, 6.45) is -0.435. The van der Waals surface area contributed by atoms with Gasteiger partial charge in [0.1, 0.15) is 6.04 Å². The van der Waals surface area contributed by atoms with Gasteiger partial charge in [0.15, 0.2) is 0 Å². The van der Waals surface area contributed by atoms with Gasteiger partial charge in [0.2, 0.25) is 11.8 Å². The first kappa shape index (κ1) is 14.2. The Balaban J connectivity index is 2.61. The number of aliphatic hydroxyl groups excluding tert-OH is 1. The van der Waals surface area contributed by atoms with Crippen LogP contribution in [0.3, 0.4) is 0 Å². The molecule has 0 saturated heterocycles. The number of amides is 2. The molecule has 0 bridgehead atoms. The number of carbonyl (C=O) groups excluding carboxylic acids is 2. The molecule has 5 nitrogen and oxygen atoms in total. The standard InChI is InChI=1S/C13H18N2O3/c1-9(16)7-12(17)15-11(13(14)18)8-10-5-3-2-4-6-10/h2-6,9,11,16H,7-8H2,1H3,(H2,14,18)(H,15,17)/t9-,11+/m1/s1. The lowest BCUT2D eigenvalue weighted by molar-refractivity contribution is -0.128. The molecule has 2 atom stereocenters. The predicted octanol–water partition coefficient (Wildman–Crippen LogP) is -0.0299. The van der Waals surface area contributed by atoms with Crippen LogP contribution in [0, 0.1) is 0 Å². The van der Waals surface area contributed by atoms with Crippen LogP contribution in [0.1, 0.15) is 18.9 Å². The van der Waals surface area contributed by atoms with E-state index in [1.807, 2.05) is 30.3 Å². The molecule has 18 heavy (non-hydrogen) atoms. The molecule has 0 fully saturated rings. The quantitative estimate of drug-likeness (QED) is 0.662. The number of nitrogens with one attached hydrogen (secondary N) is 1. The summed E-state index contributed by atoms with van der Waals surface area (Å²) in [5.41, 5.74) is 6.16. The Morgan fingerprint density at radius 3 is 2.44 bits per heavy atom. The molecule has 1 aromatic carbocycles. The molecule has 0 unspecified atom stereocenters. The molecule has 0 saturated carbocycles. The highest BCUT2D eigenvalue weighted by Crippen LogP contribution is 2.03. The van der Waals surface area contributed by atoms with Gasteiger partial charge in [-0.1, -0.05) is 30.3 Å². The number of hydrogen-bond acceptors (Lipinski definition) is 3. The van der Waals surface area contributed by atoms with Gasteiger partial charge < -0.3 is 16.2 Å². The first-order valence-corrected chi connectivity index (χ1v) is 5.79. The van der Waals surface area contributed by atoms with E-state index >= 15 is 0 Å².